The molecule has 0 unspecified atom stereocenters. The van der Waals surface area contributed by atoms with Crippen LogP contribution in [-0.2, 0) is 0 Å². The zero-order valence-electron chi connectivity index (χ0n) is 7.18. The average molecular weight is 266 g/mol. The van der Waals surface area contributed by atoms with Gasteiger partial charge in [0.25, 0.3) is 0 Å². The molecule has 0 atom stereocenters. The van der Waals surface area contributed by atoms with E-state index in [1.807, 2.05) is 6.92 Å². The van der Waals surface area contributed by atoms with Crippen molar-refractivity contribution >= 4 is 27.5 Å². The largest absolute Gasteiger partial charge is 0.505 e. The predicted octanol–water partition coefficient (Wildman–Crippen LogP) is 3.60. The van der Waals surface area contributed by atoms with Crippen LogP contribution in [0, 0.1) is 0 Å². The lowest BCUT2D eigenvalue weighted by molar-refractivity contribution is 0.315. The van der Waals surface area contributed by atoms with Crippen molar-refractivity contribution in [2.45, 2.75) is 13.3 Å². The van der Waals surface area contributed by atoms with Gasteiger partial charge in [0.15, 0.2) is 5.75 Å². The number of phenolic OH excluding ortho intramolecular Hbond substituents is 1. The molecule has 1 rings (SSSR count). The van der Waals surface area contributed by atoms with Crippen molar-refractivity contribution in [1.29, 1.82) is 0 Å². The SMILES string of the molecule is CCCOc1ccc(Br)c(O)c1Cl. The molecular formula is C9H10BrClO2. The van der Waals surface area contributed by atoms with Crippen LogP contribution in [0.1, 0.15) is 13.3 Å². The number of ether oxygens (including phenoxy) is 1. The number of phenols is 1. The molecule has 0 aliphatic carbocycles. The van der Waals surface area contributed by atoms with Crippen molar-refractivity contribution in [2.75, 3.05) is 6.61 Å². The Morgan fingerprint density at radius 1 is 1.54 bits per heavy atom. The van der Waals surface area contributed by atoms with Gasteiger partial charge in [-0.05, 0) is 34.5 Å². The summed E-state index contributed by atoms with van der Waals surface area (Å²) in [6.45, 7) is 2.60. The molecule has 1 aromatic carbocycles. The molecule has 0 aromatic heterocycles. The monoisotopic (exact) mass is 264 g/mol. The highest BCUT2D eigenvalue weighted by atomic mass is 79.9. The smallest absolute Gasteiger partial charge is 0.152 e. The molecule has 2 nitrogen and oxygen atoms in total. The molecule has 1 aromatic rings. The second-order valence-corrected chi connectivity index (χ2v) is 3.79. The maximum absolute atomic E-state index is 9.43. The normalized spacial score (nSPS) is 10.1. The lowest BCUT2D eigenvalue weighted by Gasteiger charge is -2.08. The minimum Gasteiger partial charge on any atom is -0.505 e. The van der Waals surface area contributed by atoms with Crippen LogP contribution in [0.2, 0.25) is 5.02 Å². The molecule has 0 aliphatic rings. The lowest BCUT2D eigenvalue weighted by Crippen LogP contribution is -1.95. The molecule has 0 amide bonds. The Balaban J connectivity index is 2.90. The third-order valence-corrected chi connectivity index (χ3v) is 2.50. The first-order chi connectivity index (χ1) is 6.16. The van der Waals surface area contributed by atoms with Crippen LogP contribution in [0.25, 0.3) is 0 Å². The van der Waals surface area contributed by atoms with Gasteiger partial charge in [-0.2, -0.15) is 0 Å². The van der Waals surface area contributed by atoms with Gasteiger partial charge in [0.05, 0.1) is 11.1 Å². The number of hydrogen-bond acceptors (Lipinski definition) is 2. The molecule has 4 heteroatoms. The fraction of sp³-hybridized carbons (Fsp3) is 0.333. The standard InChI is InChI=1S/C9H10BrClO2/c1-2-5-13-7-4-3-6(10)9(12)8(7)11/h3-4,12H,2,5H2,1H3. The van der Waals surface area contributed by atoms with Crippen molar-refractivity contribution in [3.63, 3.8) is 0 Å². The summed E-state index contributed by atoms with van der Waals surface area (Å²) in [5.41, 5.74) is 0. The van der Waals surface area contributed by atoms with Crippen LogP contribution >= 0.6 is 27.5 Å². The Labute approximate surface area is 90.6 Å². The van der Waals surface area contributed by atoms with Crippen molar-refractivity contribution in [1.82, 2.24) is 0 Å². The van der Waals surface area contributed by atoms with Gasteiger partial charge >= 0.3 is 0 Å². The van der Waals surface area contributed by atoms with E-state index in [1.54, 1.807) is 12.1 Å². The van der Waals surface area contributed by atoms with Gasteiger partial charge in [0.1, 0.15) is 10.8 Å². The topological polar surface area (TPSA) is 29.5 Å². The summed E-state index contributed by atoms with van der Waals surface area (Å²) in [7, 11) is 0. The molecule has 72 valence electrons. The van der Waals surface area contributed by atoms with E-state index in [2.05, 4.69) is 15.9 Å². The van der Waals surface area contributed by atoms with Crippen molar-refractivity contribution in [3.8, 4) is 11.5 Å². The molecule has 1 N–H and O–H groups in total. The molecule has 0 radical (unpaired) electrons. The van der Waals surface area contributed by atoms with Crippen LogP contribution in [0.15, 0.2) is 16.6 Å². The van der Waals surface area contributed by atoms with Crippen LogP contribution in [-0.4, -0.2) is 11.7 Å². The number of benzene rings is 1. The minimum atomic E-state index is 0.0234. The quantitative estimate of drug-likeness (QED) is 0.905. The van der Waals surface area contributed by atoms with Crippen LogP contribution in [0.5, 0.6) is 11.5 Å². The molecule has 0 heterocycles. The third-order valence-electron chi connectivity index (χ3n) is 1.49. The van der Waals surface area contributed by atoms with E-state index in [0.29, 0.717) is 16.8 Å². The van der Waals surface area contributed by atoms with E-state index in [4.69, 9.17) is 16.3 Å². The Morgan fingerprint density at radius 3 is 2.85 bits per heavy atom. The Kier molecular flexibility index (Phi) is 3.88. The first-order valence-corrected chi connectivity index (χ1v) is 5.13. The number of halogens is 2. The summed E-state index contributed by atoms with van der Waals surface area (Å²) in [4.78, 5) is 0. The average Bonchev–Trinajstić information content (AvgIpc) is 2.13. The summed E-state index contributed by atoms with van der Waals surface area (Å²) in [6, 6.07) is 3.42. The van der Waals surface area contributed by atoms with Crippen molar-refractivity contribution in [3.05, 3.63) is 21.6 Å². The van der Waals surface area contributed by atoms with Gasteiger partial charge in [-0.15, -0.1) is 0 Å². The highest BCUT2D eigenvalue weighted by Crippen LogP contribution is 2.38. The van der Waals surface area contributed by atoms with Gasteiger partial charge in [0, 0.05) is 0 Å². The van der Waals surface area contributed by atoms with E-state index >= 15 is 0 Å². The number of aromatic hydroxyl groups is 1. The van der Waals surface area contributed by atoms with Gasteiger partial charge < -0.3 is 9.84 Å². The summed E-state index contributed by atoms with van der Waals surface area (Å²) in [5.74, 6) is 0.541. The Bertz CT molecular complexity index is 302. The Hall–Kier alpha value is -0.410. The fourth-order valence-electron chi connectivity index (χ4n) is 0.846. The summed E-state index contributed by atoms with van der Waals surface area (Å²) < 4.78 is 5.88. The molecule has 13 heavy (non-hydrogen) atoms. The number of hydrogen-bond donors (Lipinski definition) is 1. The molecule has 0 fully saturated rings. The zero-order valence-corrected chi connectivity index (χ0v) is 9.52. The van der Waals surface area contributed by atoms with Gasteiger partial charge in [-0.1, -0.05) is 18.5 Å². The molecule has 0 saturated heterocycles. The van der Waals surface area contributed by atoms with E-state index in [1.165, 1.54) is 0 Å². The molecule has 0 aliphatic heterocycles. The predicted molar refractivity (Wildman–Crippen MR) is 56.6 cm³/mol. The van der Waals surface area contributed by atoms with E-state index in [9.17, 15) is 5.11 Å². The van der Waals surface area contributed by atoms with Crippen LogP contribution in [0.4, 0.5) is 0 Å². The van der Waals surface area contributed by atoms with Gasteiger partial charge in [-0.3, -0.25) is 0 Å². The maximum Gasteiger partial charge on any atom is 0.152 e. The molecule has 0 bridgehead atoms. The second kappa shape index (κ2) is 4.72. The van der Waals surface area contributed by atoms with Crippen LogP contribution < -0.4 is 4.74 Å². The highest BCUT2D eigenvalue weighted by molar-refractivity contribution is 9.10. The fourth-order valence-corrected chi connectivity index (χ4v) is 1.51. The van der Waals surface area contributed by atoms with E-state index in [0.717, 1.165) is 6.42 Å². The van der Waals surface area contributed by atoms with Gasteiger partial charge in [-0.25, -0.2) is 0 Å². The van der Waals surface area contributed by atoms with E-state index in [-0.39, 0.29) is 10.8 Å². The summed E-state index contributed by atoms with van der Waals surface area (Å²) >= 11 is 8.99. The van der Waals surface area contributed by atoms with Gasteiger partial charge in [0.2, 0.25) is 0 Å². The minimum absolute atomic E-state index is 0.0234. The Morgan fingerprint density at radius 2 is 2.23 bits per heavy atom. The molecule has 0 spiro atoms. The second-order valence-electron chi connectivity index (χ2n) is 2.56. The summed E-state index contributed by atoms with van der Waals surface area (Å²) in [6.07, 6.45) is 0.910. The molecule has 0 saturated carbocycles. The lowest BCUT2D eigenvalue weighted by atomic mass is 10.3. The molecular weight excluding hydrogens is 255 g/mol. The maximum atomic E-state index is 9.43. The highest BCUT2D eigenvalue weighted by Gasteiger charge is 2.09. The van der Waals surface area contributed by atoms with Crippen LogP contribution in [0.3, 0.4) is 0 Å². The van der Waals surface area contributed by atoms with Crippen molar-refractivity contribution in [2.24, 2.45) is 0 Å². The third kappa shape index (κ3) is 2.51. The number of rotatable bonds is 3. The first-order valence-electron chi connectivity index (χ1n) is 3.96. The van der Waals surface area contributed by atoms with Crippen molar-refractivity contribution < 1.29 is 9.84 Å². The van der Waals surface area contributed by atoms with E-state index < -0.39 is 0 Å². The first kappa shape index (κ1) is 10.7. The summed E-state index contributed by atoms with van der Waals surface area (Å²) in [5, 5.41) is 9.68. The zero-order chi connectivity index (χ0) is 9.84.